The number of rotatable bonds is 2. The number of hydrogen-bond donors (Lipinski definition) is 2. The minimum absolute atomic E-state index is 0.0189. The van der Waals surface area contributed by atoms with E-state index in [0.717, 1.165) is 23.2 Å². The first-order chi connectivity index (χ1) is 12.5. The number of nitrogens with zero attached hydrogens (tertiary/aromatic N) is 1. The van der Waals surface area contributed by atoms with Gasteiger partial charge in [-0.1, -0.05) is 18.2 Å². The molecule has 26 heavy (non-hydrogen) atoms. The Morgan fingerprint density at radius 1 is 1.19 bits per heavy atom. The molecule has 2 aromatic rings. The third kappa shape index (κ3) is 2.83. The van der Waals surface area contributed by atoms with Crippen LogP contribution in [0.5, 0.6) is 0 Å². The average molecular weight is 349 g/mol. The van der Waals surface area contributed by atoms with Gasteiger partial charge in [-0.05, 0) is 41.8 Å². The van der Waals surface area contributed by atoms with Crippen LogP contribution in [0.25, 0.3) is 0 Å². The number of para-hydroxylation sites is 1. The Morgan fingerprint density at radius 2 is 2.00 bits per heavy atom. The molecule has 2 aliphatic heterocycles. The van der Waals surface area contributed by atoms with Gasteiger partial charge in [0.2, 0.25) is 17.7 Å². The van der Waals surface area contributed by atoms with Gasteiger partial charge in [0, 0.05) is 37.0 Å². The number of anilines is 3. The number of amides is 3. The van der Waals surface area contributed by atoms with E-state index in [1.165, 1.54) is 0 Å². The first kappa shape index (κ1) is 16.3. The van der Waals surface area contributed by atoms with Crippen LogP contribution in [0.3, 0.4) is 0 Å². The molecule has 2 aromatic carbocycles. The minimum Gasteiger partial charge on any atom is -0.326 e. The van der Waals surface area contributed by atoms with Crippen LogP contribution in [0.4, 0.5) is 17.1 Å². The lowest BCUT2D eigenvalue weighted by atomic mass is 9.89. The first-order valence-corrected chi connectivity index (χ1v) is 8.63. The van der Waals surface area contributed by atoms with Crippen LogP contribution in [0, 0.1) is 0 Å². The summed E-state index contributed by atoms with van der Waals surface area (Å²) in [5.74, 6) is -0.851. The summed E-state index contributed by atoms with van der Waals surface area (Å²) in [6.07, 6.45) is 0.902. The van der Waals surface area contributed by atoms with E-state index < -0.39 is 5.92 Å². The van der Waals surface area contributed by atoms with Gasteiger partial charge in [0.15, 0.2) is 0 Å². The average Bonchev–Trinajstić information content (AvgIpc) is 3.04. The molecular formula is C20H19N3O3. The lowest BCUT2D eigenvalue weighted by molar-refractivity contribution is -0.123. The molecule has 2 heterocycles. The van der Waals surface area contributed by atoms with Crippen LogP contribution < -0.4 is 15.5 Å². The van der Waals surface area contributed by atoms with Gasteiger partial charge in [-0.2, -0.15) is 0 Å². The molecule has 4 rings (SSSR count). The van der Waals surface area contributed by atoms with Gasteiger partial charge in [-0.3, -0.25) is 14.4 Å². The third-order valence-electron chi connectivity index (χ3n) is 4.94. The second kappa shape index (κ2) is 6.29. The maximum absolute atomic E-state index is 12.8. The molecule has 1 atom stereocenters. The van der Waals surface area contributed by atoms with E-state index >= 15 is 0 Å². The van der Waals surface area contributed by atoms with Crippen molar-refractivity contribution in [2.24, 2.45) is 0 Å². The van der Waals surface area contributed by atoms with Gasteiger partial charge in [-0.15, -0.1) is 0 Å². The third-order valence-corrected chi connectivity index (χ3v) is 4.94. The molecule has 2 N–H and O–H groups in total. The van der Waals surface area contributed by atoms with E-state index in [1.54, 1.807) is 24.0 Å². The number of benzene rings is 2. The summed E-state index contributed by atoms with van der Waals surface area (Å²) in [6.45, 7) is 2.22. The van der Waals surface area contributed by atoms with Crippen molar-refractivity contribution in [1.29, 1.82) is 0 Å². The highest BCUT2D eigenvalue weighted by Crippen LogP contribution is 2.34. The number of carbonyl (C=O) groups is 3. The van der Waals surface area contributed by atoms with E-state index in [9.17, 15) is 14.4 Å². The summed E-state index contributed by atoms with van der Waals surface area (Å²) in [4.78, 5) is 38.1. The summed E-state index contributed by atoms with van der Waals surface area (Å²) in [5.41, 5.74) is 4.14. The number of hydrogen-bond acceptors (Lipinski definition) is 3. The van der Waals surface area contributed by atoms with Crippen LogP contribution in [0.15, 0.2) is 42.5 Å². The Morgan fingerprint density at radius 3 is 2.81 bits per heavy atom. The summed E-state index contributed by atoms with van der Waals surface area (Å²) < 4.78 is 0. The SMILES string of the molecule is CC(=O)N1CCc2cc(NC(=O)C3CC(=O)Nc4ccccc43)ccc21. The van der Waals surface area contributed by atoms with Crippen LogP contribution >= 0.6 is 0 Å². The van der Waals surface area contributed by atoms with Gasteiger partial charge in [-0.25, -0.2) is 0 Å². The fourth-order valence-electron chi connectivity index (χ4n) is 3.68. The molecule has 0 saturated carbocycles. The number of nitrogens with one attached hydrogen (secondary N) is 2. The van der Waals surface area contributed by atoms with E-state index in [-0.39, 0.29) is 24.1 Å². The topological polar surface area (TPSA) is 78.5 Å². The first-order valence-electron chi connectivity index (χ1n) is 8.63. The van der Waals surface area contributed by atoms with Gasteiger partial charge < -0.3 is 15.5 Å². The fourth-order valence-corrected chi connectivity index (χ4v) is 3.68. The van der Waals surface area contributed by atoms with Gasteiger partial charge in [0.05, 0.1) is 5.92 Å². The molecule has 0 bridgehead atoms. The Hall–Kier alpha value is -3.15. The van der Waals surface area contributed by atoms with Crippen molar-refractivity contribution >= 4 is 34.8 Å². The van der Waals surface area contributed by atoms with Crippen molar-refractivity contribution in [2.75, 3.05) is 22.1 Å². The van der Waals surface area contributed by atoms with Crippen molar-refractivity contribution in [1.82, 2.24) is 0 Å². The monoisotopic (exact) mass is 349 g/mol. The highest BCUT2D eigenvalue weighted by Gasteiger charge is 2.30. The maximum atomic E-state index is 12.8. The minimum atomic E-state index is -0.512. The normalized spacial score (nSPS) is 18.0. The molecule has 0 aromatic heterocycles. The Labute approximate surface area is 151 Å². The number of fused-ring (bicyclic) bond motifs is 2. The summed E-state index contributed by atoms with van der Waals surface area (Å²) in [7, 11) is 0. The zero-order valence-electron chi connectivity index (χ0n) is 14.4. The second-order valence-electron chi connectivity index (χ2n) is 6.65. The highest BCUT2D eigenvalue weighted by atomic mass is 16.2. The molecule has 1 unspecified atom stereocenters. The zero-order valence-corrected chi connectivity index (χ0v) is 14.4. The van der Waals surface area contributed by atoms with E-state index in [1.807, 2.05) is 30.3 Å². The highest BCUT2D eigenvalue weighted by molar-refractivity contribution is 6.05. The maximum Gasteiger partial charge on any atom is 0.232 e. The lowest BCUT2D eigenvalue weighted by Gasteiger charge is -2.25. The molecule has 2 aliphatic rings. The smallest absolute Gasteiger partial charge is 0.232 e. The van der Waals surface area contributed by atoms with Crippen LogP contribution in [0.2, 0.25) is 0 Å². The fraction of sp³-hybridized carbons (Fsp3) is 0.250. The van der Waals surface area contributed by atoms with Crippen LogP contribution in [-0.2, 0) is 20.8 Å². The van der Waals surface area contributed by atoms with E-state index in [2.05, 4.69) is 10.6 Å². The predicted octanol–water partition coefficient (Wildman–Crippen LogP) is 2.66. The van der Waals surface area contributed by atoms with E-state index in [0.29, 0.717) is 17.9 Å². The molecule has 0 spiro atoms. The molecule has 0 radical (unpaired) electrons. The number of carbonyl (C=O) groups excluding carboxylic acids is 3. The summed E-state index contributed by atoms with van der Waals surface area (Å²) in [6, 6.07) is 12.9. The van der Waals surface area contributed by atoms with Crippen molar-refractivity contribution in [2.45, 2.75) is 25.7 Å². The summed E-state index contributed by atoms with van der Waals surface area (Å²) >= 11 is 0. The molecule has 6 nitrogen and oxygen atoms in total. The Balaban J connectivity index is 1.56. The van der Waals surface area contributed by atoms with Crippen LogP contribution in [0.1, 0.15) is 30.4 Å². The largest absolute Gasteiger partial charge is 0.326 e. The second-order valence-corrected chi connectivity index (χ2v) is 6.65. The van der Waals surface area contributed by atoms with Crippen molar-refractivity contribution in [3.05, 3.63) is 53.6 Å². The molecule has 0 fully saturated rings. The molecule has 0 saturated heterocycles. The molecule has 0 aliphatic carbocycles. The molecular weight excluding hydrogens is 330 g/mol. The Kier molecular flexibility index (Phi) is 3.95. The standard InChI is InChI=1S/C20H19N3O3/c1-12(24)23-9-8-13-10-14(6-7-18(13)23)21-20(26)16-11-19(25)22-17-5-3-2-4-15(16)17/h2-7,10,16H,8-9,11H2,1H3,(H,21,26)(H,22,25). The lowest BCUT2D eigenvalue weighted by Crippen LogP contribution is -2.30. The molecule has 6 heteroatoms. The Bertz CT molecular complexity index is 922. The van der Waals surface area contributed by atoms with Crippen molar-refractivity contribution in [3.63, 3.8) is 0 Å². The summed E-state index contributed by atoms with van der Waals surface area (Å²) in [5, 5.41) is 5.73. The molecule has 3 amide bonds. The van der Waals surface area contributed by atoms with E-state index in [4.69, 9.17) is 0 Å². The van der Waals surface area contributed by atoms with Gasteiger partial charge in [0.25, 0.3) is 0 Å². The predicted molar refractivity (Wildman–Crippen MR) is 99.2 cm³/mol. The van der Waals surface area contributed by atoms with Crippen molar-refractivity contribution < 1.29 is 14.4 Å². The zero-order chi connectivity index (χ0) is 18.3. The van der Waals surface area contributed by atoms with Crippen LogP contribution in [-0.4, -0.2) is 24.3 Å². The van der Waals surface area contributed by atoms with Crippen molar-refractivity contribution in [3.8, 4) is 0 Å². The quantitative estimate of drug-likeness (QED) is 0.875. The van der Waals surface area contributed by atoms with Gasteiger partial charge >= 0.3 is 0 Å². The molecule has 132 valence electrons. The van der Waals surface area contributed by atoms with Gasteiger partial charge in [0.1, 0.15) is 0 Å².